The van der Waals surface area contributed by atoms with Gasteiger partial charge in [-0.3, -0.25) is 0 Å². The van der Waals surface area contributed by atoms with Crippen LogP contribution in [0.2, 0.25) is 0 Å². The van der Waals surface area contributed by atoms with Crippen molar-refractivity contribution in [3.8, 4) is 0 Å². The van der Waals surface area contributed by atoms with Gasteiger partial charge in [0, 0.05) is 24.7 Å². The van der Waals surface area contributed by atoms with Crippen molar-refractivity contribution >= 4 is 5.69 Å². The lowest BCUT2D eigenvalue weighted by molar-refractivity contribution is 0.327. The zero-order valence-corrected chi connectivity index (χ0v) is 9.59. The van der Waals surface area contributed by atoms with E-state index in [1.54, 1.807) is 12.1 Å². The quantitative estimate of drug-likeness (QED) is 0.718. The van der Waals surface area contributed by atoms with Gasteiger partial charge in [0.1, 0.15) is 5.82 Å². The first-order valence-corrected chi connectivity index (χ1v) is 5.93. The number of rotatable bonds is 0. The van der Waals surface area contributed by atoms with Gasteiger partial charge in [0.2, 0.25) is 0 Å². The van der Waals surface area contributed by atoms with E-state index < -0.39 is 0 Å². The van der Waals surface area contributed by atoms with Gasteiger partial charge >= 0.3 is 0 Å². The highest BCUT2D eigenvalue weighted by Gasteiger charge is 2.42. The molecular formula is C13H17FN2. The Balaban J connectivity index is 2.09. The molecule has 86 valence electrons. The molecule has 1 spiro atoms. The molecule has 0 saturated carbocycles. The fourth-order valence-electron chi connectivity index (χ4n) is 3.22. The van der Waals surface area contributed by atoms with Gasteiger partial charge in [-0.2, -0.15) is 0 Å². The molecule has 2 aliphatic heterocycles. The van der Waals surface area contributed by atoms with Crippen LogP contribution in [-0.2, 0) is 5.41 Å². The van der Waals surface area contributed by atoms with E-state index in [0.29, 0.717) is 0 Å². The van der Waals surface area contributed by atoms with Crippen molar-refractivity contribution in [1.82, 2.24) is 5.32 Å². The van der Waals surface area contributed by atoms with Crippen LogP contribution in [0.1, 0.15) is 18.4 Å². The molecule has 1 N–H and O–H groups in total. The molecule has 0 unspecified atom stereocenters. The van der Waals surface area contributed by atoms with Crippen LogP contribution in [0.25, 0.3) is 0 Å². The standard InChI is InChI=1S/C13H17FN2/c1-16-9-13(4-6-15-7-5-13)11-8-10(14)2-3-12(11)16/h2-3,8,15H,4-7,9H2,1H3. The van der Waals surface area contributed by atoms with E-state index in [9.17, 15) is 4.39 Å². The Kier molecular flexibility index (Phi) is 2.18. The Hall–Kier alpha value is -1.09. The summed E-state index contributed by atoms with van der Waals surface area (Å²) in [5, 5.41) is 3.38. The first kappa shape index (κ1) is 10.1. The Morgan fingerprint density at radius 1 is 1.31 bits per heavy atom. The van der Waals surface area contributed by atoms with Gasteiger partial charge in [-0.15, -0.1) is 0 Å². The minimum atomic E-state index is -0.105. The third-order valence-corrected chi connectivity index (χ3v) is 4.04. The fraction of sp³-hybridized carbons (Fsp3) is 0.538. The van der Waals surface area contributed by atoms with E-state index in [1.807, 2.05) is 6.07 Å². The SMILES string of the molecule is CN1CC2(CCNCC2)c2cc(F)ccc21. The number of benzene rings is 1. The zero-order valence-electron chi connectivity index (χ0n) is 9.59. The van der Waals surface area contributed by atoms with E-state index in [-0.39, 0.29) is 11.2 Å². The Morgan fingerprint density at radius 3 is 2.81 bits per heavy atom. The van der Waals surface area contributed by atoms with Crippen LogP contribution < -0.4 is 10.2 Å². The lowest BCUT2D eigenvalue weighted by Gasteiger charge is -2.34. The van der Waals surface area contributed by atoms with Crippen molar-refractivity contribution in [2.75, 3.05) is 31.6 Å². The van der Waals surface area contributed by atoms with Crippen LogP contribution in [0.4, 0.5) is 10.1 Å². The van der Waals surface area contributed by atoms with Crippen molar-refractivity contribution < 1.29 is 4.39 Å². The molecule has 0 aliphatic carbocycles. The molecule has 0 radical (unpaired) electrons. The molecule has 0 atom stereocenters. The topological polar surface area (TPSA) is 15.3 Å². The predicted octanol–water partition coefficient (Wildman–Crippen LogP) is 1.90. The van der Waals surface area contributed by atoms with Gasteiger partial charge in [0.15, 0.2) is 0 Å². The van der Waals surface area contributed by atoms with Crippen LogP contribution in [0, 0.1) is 5.82 Å². The van der Waals surface area contributed by atoms with E-state index >= 15 is 0 Å². The number of hydrogen-bond donors (Lipinski definition) is 1. The number of nitrogens with zero attached hydrogens (tertiary/aromatic N) is 1. The van der Waals surface area contributed by atoms with Crippen LogP contribution in [0.3, 0.4) is 0 Å². The number of nitrogens with one attached hydrogen (secondary N) is 1. The third-order valence-electron chi connectivity index (χ3n) is 4.04. The number of halogens is 1. The second-order valence-electron chi connectivity index (χ2n) is 5.05. The molecule has 0 bridgehead atoms. The number of anilines is 1. The van der Waals surface area contributed by atoms with E-state index in [2.05, 4.69) is 17.3 Å². The first-order valence-electron chi connectivity index (χ1n) is 5.93. The van der Waals surface area contributed by atoms with Crippen LogP contribution >= 0.6 is 0 Å². The molecule has 1 aromatic rings. The van der Waals surface area contributed by atoms with Crippen LogP contribution in [-0.4, -0.2) is 26.7 Å². The number of piperidine rings is 1. The molecule has 2 aliphatic rings. The first-order chi connectivity index (χ1) is 7.71. The van der Waals surface area contributed by atoms with Gasteiger partial charge in [-0.25, -0.2) is 4.39 Å². The number of fused-ring (bicyclic) bond motifs is 2. The molecule has 0 amide bonds. The average Bonchev–Trinajstić information content (AvgIpc) is 2.53. The number of hydrogen-bond acceptors (Lipinski definition) is 2. The summed E-state index contributed by atoms with van der Waals surface area (Å²) >= 11 is 0. The molecule has 1 saturated heterocycles. The van der Waals surface area contributed by atoms with Crippen LogP contribution in [0.5, 0.6) is 0 Å². The second-order valence-corrected chi connectivity index (χ2v) is 5.05. The maximum atomic E-state index is 13.4. The molecule has 1 aromatic carbocycles. The summed E-state index contributed by atoms with van der Waals surface area (Å²) in [6, 6.07) is 5.22. The summed E-state index contributed by atoms with van der Waals surface area (Å²) in [6.45, 7) is 3.13. The molecule has 3 rings (SSSR count). The minimum Gasteiger partial charge on any atom is -0.373 e. The highest BCUT2D eigenvalue weighted by Crippen LogP contribution is 2.45. The van der Waals surface area contributed by atoms with Crippen molar-refractivity contribution in [2.24, 2.45) is 0 Å². The molecule has 2 heterocycles. The lowest BCUT2D eigenvalue weighted by atomic mass is 9.75. The maximum absolute atomic E-state index is 13.4. The zero-order chi connectivity index (χ0) is 11.2. The lowest BCUT2D eigenvalue weighted by Crippen LogP contribution is -2.42. The normalized spacial score (nSPS) is 22.5. The van der Waals surface area contributed by atoms with Gasteiger partial charge < -0.3 is 10.2 Å². The van der Waals surface area contributed by atoms with E-state index in [4.69, 9.17) is 0 Å². The van der Waals surface area contributed by atoms with Crippen molar-refractivity contribution in [1.29, 1.82) is 0 Å². The fourth-order valence-corrected chi connectivity index (χ4v) is 3.22. The highest BCUT2D eigenvalue weighted by atomic mass is 19.1. The Bertz CT molecular complexity index is 410. The predicted molar refractivity (Wildman–Crippen MR) is 63.5 cm³/mol. The molecular weight excluding hydrogens is 203 g/mol. The summed E-state index contributed by atoms with van der Waals surface area (Å²) in [7, 11) is 2.10. The van der Waals surface area contributed by atoms with Crippen LogP contribution in [0.15, 0.2) is 18.2 Å². The summed E-state index contributed by atoms with van der Waals surface area (Å²) in [4.78, 5) is 2.26. The summed E-state index contributed by atoms with van der Waals surface area (Å²) in [5.74, 6) is -0.105. The highest BCUT2D eigenvalue weighted by molar-refractivity contribution is 5.62. The summed E-state index contributed by atoms with van der Waals surface area (Å²) in [5.41, 5.74) is 2.62. The molecule has 16 heavy (non-hydrogen) atoms. The minimum absolute atomic E-state index is 0.105. The van der Waals surface area contributed by atoms with E-state index in [0.717, 1.165) is 32.5 Å². The summed E-state index contributed by atoms with van der Waals surface area (Å²) < 4.78 is 13.4. The molecule has 2 nitrogen and oxygen atoms in total. The van der Waals surface area contributed by atoms with E-state index in [1.165, 1.54) is 11.3 Å². The van der Waals surface area contributed by atoms with Gasteiger partial charge in [0.25, 0.3) is 0 Å². The smallest absolute Gasteiger partial charge is 0.123 e. The van der Waals surface area contributed by atoms with Crippen molar-refractivity contribution in [3.05, 3.63) is 29.6 Å². The monoisotopic (exact) mass is 220 g/mol. The number of likely N-dealkylation sites (N-methyl/N-ethyl adjacent to an activating group) is 1. The Morgan fingerprint density at radius 2 is 2.06 bits per heavy atom. The third kappa shape index (κ3) is 1.34. The molecule has 1 fully saturated rings. The average molecular weight is 220 g/mol. The molecule has 0 aromatic heterocycles. The Labute approximate surface area is 95.4 Å². The second kappa shape index (κ2) is 3.45. The maximum Gasteiger partial charge on any atom is 0.123 e. The molecule has 3 heteroatoms. The van der Waals surface area contributed by atoms with Gasteiger partial charge in [0.05, 0.1) is 0 Å². The van der Waals surface area contributed by atoms with Crippen molar-refractivity contribution in [3.63, 3.8) is 0 Å². The van der Waals surface area contributed by atoms with Gasteiger partial charge in [-0.05, 0) is 49.7 Å². The van der Waals surface area contributed by atoms with Crippen molar-refractivity contribution in [2.45, 2.75) is 18.3 Å². The summed E-state index contributed by atoms with van der Waals surface area (Å²) in [6.07, 6.45) is 2.24. The van der Waals surface area contributed by atoms with Gasteiger partial charge in [-0.1, -0.05) is 0 Å². The largest absolute Gasteiger partial charge is 0.373 e.